The molecule has 0 amide bonds. The van der Waals surface area contributed by atoms with Gasteiger partial charge in [-0.05, 0) is 74.4 Å². The van der Waals surface area contributed by atoms with Crippen LogP contribution in [0.25, 0.3) is 16.5 Å². The number of nitrogens with one attached hydrogen (secondary N) is 3. The van der Waals surface area contributed by atoms with Crippen molar-refractivity contribution in [2.75, 3.05) is 12.4 Å². The Morgan fingerprint density at radius 1 is 1.17 bits per heavy atom. The molecule has 1 aromatic heterocycles. The smallest absolute Gasteiger partial charge is 0.254 e. The Labute approximate surface area is 208 Å². The summed E-state index contributed by atoms with van der Waals surface area (Å²) in [5.41, 5.74) is 5.32. The van der Waals surface area contributed by atoms with E-state index in [4.69, 9.17) is 21.4 Å². The van der Waals surface area contributed by atoms with Crippen molar-refractivity contribution in [2.45, 2.75) is 26.8 Å². The summed E-state index contributed by atoms with van der Waals surface area (Å²) >= 11 is 5.77. The van der Waals surface area contributed by atoms with Gasteiger partial charge in [-0.3, -0.25) is 9.59 Å². The third-order valence-electron chi connectivity index (χ3n) is 5.98. The predicted octanol–water partition coefficient (Wildman–Crippen LogP) is 6.04. The van der Waals surface area contributed by atoms with Crippen LogP contribution in [0, 0.1) is 19.3 Å². The maximum atomic E-state index is 13.4. The molecule has 3 aromatic rings. The van der Waals surface area contributed by atoms with Gasteiger partial charge >= 0.3 is 0 Å². The quantitative estimate of drug-likeness (QED) is 0.368. The molecule has 3 N–H and O–H groups in total. The summed E-state index contributed by atoms with van der Waals surface area (Å²) in [5, 5.41) is 14.4. The average molecular weight is 488 g/mol. The highest BCUT2D eigenvalue weighted by Crippen LogP contribution is 2.33. The molecule has 0 radical (unpaired) electrons. The number of hydrogen-bond donors (Lipinski definition) is 3. The first-order valence-electron chi connectivity index (χ1n) is 11.2. The average Bonchev–Trinajstić information content (AvgIpc) is 2.83. The molecule has 4 rings (SSSR count). The molecule has 1 atom stereocenters. The van der Waals surface area contributed by atoms with E-state index in [2.05, 4.69) is 10.6 Å². The molecular weight excluding hydrogens is 462 g/mol. The molecule has 0 aliphatic heterocycles. The van der Waals surface area contributed by atoms with Crippen molar-refractivity contribution in [3.8, 4) is 0 Å². The molecule has 35 heavy (non-hydrogen) atoms. The van der Waals surface area contributed by atoms with E-state index in [1.54, 1.807) is 50.5 Å². The highest BCUT2D eigenvalue weighted by atomic mass is 35.5. The number of allylic oxidation sites excluding steroid dienone is 5. The largest absolute Gasteiger partial charge is 0.455 e. The Balaban J connectivity index is 1.88. The van der Waals surface area contributed by atoms with Gasteiger partial charge in [0, 0.05) is 41.2 Å². The van der Waals surface area contributed by atoms with Crippen LogP contribution in [0.5, 0.6) is 0 Å². The fraction of sp³-hybridized carbons (Fsp3) is 0.179. The van der Waals surface area contributed by atoms with Crippen LogP contribution in [0.2, 0.25) is 0 Å². The summed E-state index contributed by atoms with van der Waals surface area (Å²) in [6.07, 6.45) is 7.03. The van der Waals surface area contributed by atoms with E-state index >= 15 is 0 Å². The fourth-order valence-electron chi connectivity index (χ4n) is 4.23. The molecule has 1 aliphatic rings. The number of rotatable bonds is 6. The minimum absolute atomic E-state index is 0.108. The Morgan fingerprint density at radius 2 is 1.91 bits per heavy atom. The molecule has 2 aromatic carbocycles. The molecule has 7 heteroatoms. The van der Waals surface area contributed by atoms with Gasteiger partial charge in [0.2, 0.25) is 0 Å². The lowest BCUT2D eigenvalue weighted by Gasteiger charge is -2.20. The van der Waals surface area contributed by atoms with E-state index in [0.717, 1.165) is 11.1 Å². The van der Waals surface area contributed by atoms with Gasteiger partial charge in [0.05, 0.1) is 22.7 Å². The topological polar surface area (TPSA) is 95.2 Å². The second kappa shape index (κ2) is 9.76. The highest BCUT2D eigenvalue weighted by molar-refractivity contribution is 6.68. The first kappa shape index (κ1) is 24.2. The van der Waals surface area contributed by atoms with E-state index in [-0.39, 0.29) is 11.5 Å². The van der Waals surface area contributed by atoms with E-state index in [1.165, 1.54) is 0 Å². The third-order valence-corrected chi connectivity index (χ3v) is 6.19. The standard InChI is InChI=1S/C28H26ClN3O3/c1-15-11-21(17(3)32-24-8-6-5-7-20(24)28(29)34)27-22(12-15)25(33)16(2)26(35-27)18-9-10-23(30)19(13-18)14-31-4/h5-14,17,30-32H,1-4H3/b19-14-,30-23?/t17-/m1/s1. The zero-order valence-corrected chi connectivity index (χ0v) is 20.7. The van der Waals surface area contributed by atoms with E-state index in [1.807, 2.05) is 38.1 Å². The number of hydrogen-bond acceptors (Lipinski definition) is 6. The second-order valence-electron chi connectivity index (χ2n) is 8.54. The van der Waals surface area contributed by atoms with Crippen LogP contribution in [-0.4, -0.2) is 18.0 Å². The molecule has 0 bridgehead atoms. The molecule has 0 spiro atoms. The van der Waals surface area contributed by atoms with Gasteiger partial charge in [-0.2, -0.15) is 0 Å². The van der Waals surface area contributed by atoms with Crippen LogP contribution in [0.4, 0.5) is 5.69 Å². The summed E-state index contributed by atoms with van der Waals surface area (Å²) in [7, 11) is 1.77. The highest BCUT2D eigenvalue weighted by Gasteiger charge is 2.21. The van der Waals surface area contributed by atoms with Gasteiger partial charge in [-0.15, -0.1) is 0 Å². The second-order valence-corrected chi connectivity index (χ2v) is 8.88. The van der Waals surface area contributed by atoms with Crippen LogP contribution in [-0.2, 0) is 0 Å². The number of carbonyl (C=O) groups is 1. The Kier molecular flexibility index (Phi) is 6.76. The van der Waals surface area contributed by atoms with Crippen molar-refractivity contribution in [3.05, 3.63) is 105 Å². The molecular formula is C28H26ClN3O3. The predicted molar refractivity (Wildman–Crippen MR) is 143 cm³/mol. The molecule has 0 unspecified atom stereocenters. The molecule has 178 valence electrons. The number of aryl methyl sites for hydroxylation is 1. The minimum Gasteiger partial charge on any atom is -0.455 e. The van der Waals surface area contributed by atoms with Gasteiger partial charge in [0.25, 0.3) is 5.24 Å². The number of para-hydroxylation sites is 1. The van der Waals surface area contributed by atoms with Gasteiger partial charge in [0.1, 0.15) is 11.3 Å². The zero-order chi connectivity index (χ0) is 25.3. The maximum Gasteiger partial charge on any atom is 0.254 e. The molecule has 0 saturated heterocycles. The Morgan fingerprint density at radius 3 is 2.63 bits per heavy atom. The zero-order valence-electron chi connectivity index (χ0n) is 20.0. The van der Waals surface area contributed by atoms with E-state index in [0.29, 0.717) is 50.4 Å². The first-order valence-corrected chi connectivity index (χ1v) is 11.6. The molecule has 1 heterocycles. The van der Waals surface area contributed by atoms with Crippen molar-refractivity contribution in [1.82, 2.24) is 5.32 Å². The number of anilines is 1. The Bertz CT molecular complexity index is 1510. The van der Waals surface area contributed by atoms with Crippen LogP contribution < -0.4 is 16.1 Å². The van der Waals surface area contributed by atoms with Crippen LogP contribution >= 0.6 is 11.6 Å². The summed E-state index contributed by atoms with van der Waals surface area (Å²) in [6.45, 7) is 5.63. The van der Waals surface area contributed by atoms with Crippen molar-refractivity contribution >= 4 is 44.8 Å². The van der Waals surface area contributed by atoms with Gasteiger partial charge in [-0.25, -0.2) is 0 Å². The molecule has 1 aliphatic carbocycles. The number of carbonyl (C=O) groups excluding carboxylic acids is 1. The Hall–Kier alpha value is -3.90. The van der Waals surface area contributed by atoms with Gasteiger partial charge < -0.3 is 20.5 Å². The minimum atomic E-state index is -0.550. The summed E-state index contributed by atoms with van der Waals surface area (Å²) < 4.78 is 6.43. The lowest BCUT2D eigenvalue weighted by Crippen LogP contribution is -2.14. The SMILES string of the molecule is CN/C=C1/C=C(c2oc3c([C@@H](C)Nc4ccccc4C(=O)Cl)cc(C)cc3c(=O)c2C)C=CC1=N. The van der Waals surface area contributed by atoms with Crippen molar-refractivity contribution in [3.63, 3.8) is 0 Å². The van der Waals surface area contributed by atoms with Crippen LogP contribution in [0.3, 0.4) is 0 Å². The molecule has 6 nitrogen and oxygen atoms in total. The summed E-state index contributed by atoms with van der Waals surface area (Å²) in [5.74, 6) is 0.460. The number of fused-ring (bicyclic) bond motifs is 1. The monoisotopic (exact) mass is 487 g/mol. The van der Waals surface area contributed by atoms with Gasteiger partial charge in [0.15, 0.2) is 5.43 Å². The van der Waals surface area contributed by atoms with Crippen molar-refractivity contribution < 1.29 is 9.21 Å². The molecule has 0 fully saturated rings. The summed E-state index contributed by atoms with van der Waals surface area (Å²) in [6, 6.07) is 10.5. The van der Waals surface area contributed by atoms with E-state index in [9.17, 15) is 9.59 Å². The van der Waals surface area contributed by atoms with Crippen molar-refractivity contribution in [2.24, 2.45) is 0 Å². The normalized spacial score (nSPS) is 15.3. The van der Waals surface area contributed by atoms with Crippen molar-refractivity contribution in [1.29, 1.82) is 5.41 Å². The van der Waals surface area contributed by atoms with E-state index < -0.39 is 5.24 Å². The third kappa shape index (κ3) is 4.70. The van der Waals surface area contributed by atoms with Gasteiger partial charge in [-0.1, -0.05) is 18.2 Å². The number of halogens is 1. The summed E-state index contributed by atoms with van der Waals surface area (Å²) in [4.78, 5) is 25.3. The van der Waals surface area contributed by atoms with Crippen LogP contribution in [0.15, 0.2) is 75.6 Å². The lowest BCUT2D eigenvalue weighted by molar-refractivity contribution is 0.108. The maximum absolute atomic E-state index is 13.4. The molecule has 0 saturated carbocycles. The first-order chi connectivity index (χ1) is 16.7. The fourth-order valence-corrected chi connectivity index (χ4v) is 4.40. The number of benzene rings is 2. The van der Waals surface area contributed by atoms with Crippen LogP contribution in [0.1, 0.15) is 45.8 Å². The lowest BCUT2D eigenvalue weighted by atomic mass is 9.95.